The SMILES string of the molecule is OC[C@H](O)c1ccccc1. The first-order valence-corrected chi connectivity index (χ1v) is 3.18. The molecule has 1 rings (SSSR count). The van der Waals surface area contributed by atoms with E-state index in [1.807, 2.05) is 18.2 Å². The Bertz CT molecular complexity index is 184. The Morgan fingerprint density at radius 2 is 1.80 bits per heavy atom. The second kappa shape index (κ2) is 3.34. The summed E-state index contributed by atoms with van der Waals surface area (Å²) < 4.78 is 0. The van der Waals surface area contributed by atoms with Gasteiger partial charge in [0.2, 0.25) is 0 Å². The van der Waals surface area contributed by atoms with Crippen molar-refractivity contribution >= 4 is 0 Å². The number of rotatable bonds is 2. The third-order valence-corrected chi connectivity index (χ3v) is 1.36. The van der Waals surface area contributed by atoms with Crippen molar-refractivity contribution in [1.29, 1.82) is 0 Å². The predicted octanol–water partition coefficient (Wildman–Crippen LogP) is 0.712. The highest BCUT2D eigenvalue weighted by Gasteiger charge is 2.02. The molecule has 0 heterocycles. The molecule has 2 nitrogen and oxygen atoms in total. The third kappa shape index (κ3) is 1.56. The van der Waals surface area contributed by atoms with E-state index in [-0.39, 0.29) is 6.61 Å². The standard InChI is InChI=1S/C8H10O2/c9-6-8(10)7-4-2-1-3-5-7/h1-5,8-10H,6H2/t8-/m0/s1. The van der Waals surface area contributed by atoms with Crippen LogP contribution >= 0.6 is 0 Å². The monoisotopic (exact) mass is 138 g/mol. The lowest BCUT2D eigenvalue weighted by molar-refractivity contribution is 0.0956. The number of aliphatic hydroxyl groups excluding tert-OH is 2. The summed E-state index contributed by atoms with van der Waals surface area (Å²) in [5, 5.41) is 17.6. The van der Waals surface area contributed by atoms with Crippen LogP contribution in [0, 0.1) is 0 Å². The van der Waals surface area contributed by atoms with Gasteiger partial charge in [0.1, 0.15) is 6.10 Å². The van der Waals surface area contributed by atoms with E-state index in [0.29, 0.717) is 0 Å². The van der Waals surface area contributed by atoms with Gasteiger partial charge in [-0.15, -0.1) is 0 Å². The summed E-state index contributed by atoms with van der Waals surface area (Å²) >= 11 is 0. The van der Waals surface area contributed by atoms with Crippen LogP contribution in [0.4, 0.5) is 0 Å². The Kier molecular flexibility index (Phi) is 2.42. The summed E-state index contributed by atoms with van der Waals surface area (Å²) in [4.78, 5) is 0. The van der Waals surface area contributed by atoms with E-state index in [4.69, 9.17) is 10.2 Å². The number of benzene rings is 1. The van der Waals surface area contributed by atoms with Gasteiger partial charge in [0.05, 0.1) is 6.61 Å². The molecular formula is C8H10O2. The van der Waals surface area contributed by atoms with Gasteiger partial charge < -0.3 is 10.2 Å². The second-order valence-electron chi connectivity index (χ2n) is 2.11. The molecule has 0 bridgehead atoms. The van der Waals surface area contributed by atoms with E-state index in [2.05, 4.69) is 0 Å². The molecule has 0 saturated carbocycles. The van der Waals surface area contributed by atoms with Gasteiger partial charge in [0, 0.05) is 0 Å². The molecule has 2 N–H and O–H groups in total. The molecule has 0 saturated heterocycles. The van der Waals surface area contributed by atoms with Crippen LogP contribution in [0.2, 0.25) is 0 Å². The minimum absolute atomic E-state index is 0.218. The maximum Gasteiger partial charge on any atom is 0.102 e. The number of hydrogen-bond acceptors (Lipinski definition) is 2. The summed E-state index contributed by atoms with van der Waals surface area (Å²) in [5.41, 5.74) is 0.755. The lowest BCUT2D eigenvalue weighted by Crippen LogP contribution is -2.01. The van der Waals surface area contributed by atoms with Crippen LogP contribution in [0.1, 0.15) is 11.7 Å². The van der Waals surface area contributed by atoms with Gasteiger partial charge in [-0.25, -0.2) is 0 Å². The zero-order chi connectivity index (χ0) is 7.40. The van der Waals surface area contributed by atoms with E-state index in [1.165, 1.54) is 0 Å². The zero-order valence-electron chi connectivity index (χ0n) is 5.57. The van der Waals surface area contributed by atoms with Gasteiger partial charge in [-0.05, 0) is 5.56 Å². The van der Waals surface area contributed by atoms with Gasteiger partial charge in [-0.2, -0.15) is 0 Å². The van der Waals surface area contributed by atoms with Crippen LogP contribution in [0.3, 0.4) is 0 Å². The quantitative estimate of drug-likeness (QED) is 0.632. The average Bonchev–Trinajstić information content (AvgIpc) is 2.05. The maximum absolute atomic E-state index is 9.08. The van der Waals surface area contributed by atoms with Crippen molar-refractivity contribution < 1.29 is 10.2 Å². The minimum Gasteiger partial charge on any atom is -0.393 e. The molecule has 0 aliphatic rings. The molecule has 0 aliphatic carbocycles. The molecule has 0 spiro atoms. The van der Waals surface area contributed by atoms with Crippen molar-refractivity contribution in [3.63, 3.8) is 0 Å². The highest BCUT2D eigenvalue weighted by Crippen LogP contribution is 2.09. The Hall–Kier alpha value is -0.860. The highest BCUT2D eigenvalue weighted by molar-refractivity contribution is 5.16. The first kappa shape index (κ1) is 7.25. The van der Waals surface area contributed by atoms with Crippen molar-refractivity contribution in [2.75, 3.05) is 6.61 Å². The van der Waals surface area contributed by atoms with E-state index < -0.39 is 6.10 Å². The zero-order valence-corrected chi connectivity index (χ0v) is 5.57. The lowest BCUT2D eigenvalue weighted by Gasteiger charge is -2.05. The predicted molar refractivity (Wildman–Crippen MR) is 38.5 cm³/mol. The van der Waals surface area contributed by atoms with Crippen molar-refractivity contribution in [3.8, 4) is 0 Å². The minimum atomic E-state index is -0.735. The van der Waals surface area contributed by atoms with Gasteiger partial charge in [-0.3, -0.25) is 0 Å². The van der Waals surface area contributed by atoms with Crippen molar-refractivity contribution in [2.24, 2.45) is 0 Å². The molecule has 1 aromatic rings. The van der Waals surface area contributed by atoms with Crippen molar-refractivity contribution in [2.45, 2.75) is 6.10 Å². The van der Waals surface area contributed by atoms with Gasteiger partial charge in [0.15, 0.2) is 0 Å². The summed E-state index contributed by atoms with van der Waals surface area (Å²) in [5.74, 6) is 0. The first-order valence-electron chi connectivity index (χ1n) is 3.18. The van der Waals surface area contributed by atoms with Crippen LogP contribution in [0.5, 0.6) is 0 Å². The van der Waals surface area contributed by atoms with E-state index in [1.54, 1.807) is 12.1 Å². The lowest BCUT2D eigenvalue weighted by atomic mass is 10.1. The van der Waals surface area contributed by atoms with E-state index in [0.717, 1.165) is 5.56 Å². The van der Waals surface area contributed by atoms with Gasteiger partial charge in [0.25, 0.3) is 0 Å². The average molecular weight is 138 g/mol. The fourth-order valence-electron chi connectivity index (χ4n) is 0.781. The van der Waals surface area contributed by atoms with E-state index >= 15 is 0 Å². The maximum atomic E-state index is 9.08. The molecule has 2 heteroatoms. The summed E-state index contributed by atoms with van der Waals surface area (Å²) in [7, 11) is 0. The molecule has 0 unspecified atom stereocenters. The molecule has 54 valence electrons. The summed E-state index contributed by atoms with van der Waals surface area (Å²) in [6, 6.07) is 9.08. The summed E-state index contributed by atoms with van der Waals surface area (Å²) in [6.45, 7) is -0.218. The van der Waals surface area contributed by atoms with Gasteiger partial charge in [-0.1, -0.05) is 30.3 Å². The van der Waals surface area contributed by atoms with Crippen LogP contribution < -0.4 is 0 Å². The van der Waals surface area contributed by atoms with Crippen molar-refractivity contribution in [3.05, 3.63) is 35.9 Å². The van der Waals surface area contributed by atoms with Crippen LogP contribution in [-0.4, -0.2) is 16.8 Å². The second-order valence-corrected chi connectivity index (χ2v) is 2.11. The normalized spacial score (nSPS) is 13.0. The summed E-state index contributed by atoms with van der Waals surface area (Å²) in [6.07, 6.45) is -0.735. The fraction of sp³-hybridized carbons (Fsp3) is 0.250. The Morgan fingerprint density at radius 3 is 2.30 bits per heavy atom. The highest BCUT2D eigenvalue weighted by atomic mass is 16.3. The van der Waals surface area contributed by atoms with Crippen LogP contribution in [0.25, 0.3) is 0 Å². The third-order valence-electron chi connectivity index (χ3n) is 1.36. The Labute approximate surface area is 59.7 Å². The largest absolute Gasteiger partial charge is 0.393 e. The Morgan fingerprint density at radius 1 is 1.20 bits per heavy atom. The number of aliphatic hydroxyl groups is 2. The first-order chi connectivity index (χ1) is 4.84. The molecule has 0 aromatic heterocycles. The topological polar surface area (TPSA) is 40.5 Å². The smallest absolute Gasteiger partial charge is 0.102 e. The molecule has 0 fully saturated rings. The molecule has 10 heavy (non-hydrogen) atoms. The van der Waals surface area contributed by atoms with Gasteiger partial charge >= 0.3 is 0 Å². The van der Waals surface area contributed by atoms with Crippen LogP contribution in [-0.2, 0) is 0 Å². The molecule has 0 radical (unpaired) electrons. The van der Waals surface area contributed by atoms with Crippen molar-refractivity contribution in [1.82, 2.24) is 0 Å². The molecular weight excluding hydrogens is 128 g/mol. The molecule has 0 aliphatic heterocycles. The fourth-order valence-corrected chi connectivity index (χ4v) is 0.781. The Balaban J connectivity index is 2.75. The number of hydrogen-bond donors (Lipinski definition) is 2. The molecule has 0 amide bonds. The van der Waals surface area contributed by atoms with Crippen LogP contribution in [0.15, 0.2) is 30.3 Å². The van der Waals surface area contributed by atoms with E-state index in [9.17, 15) is 0 Å². The molecule has 1 aromatic carbocycles. The molecule has 1 atom stereocenters.